The molecule has 3 rings (SSSR count). The lowest BCUT2D eigenvalue weighted by Crippen LogP contribution is -2.49. The van der Waals surface area contributed by atoms with Crippen molar-refractivity contribution in [1.29, 1.82) is 0 Å². The molecule has 0 aliphatic carbocycles. The summed E-state index contributed by atoms with van der Waals surface area (Å²) in [5.74, 6) is 0.818. The molecule has 0 spiro atoms. The number of sulfonamides is 1. The van der Waals surface area contributed by atoms with Crippen LogP contribution in [0, 0.1) is 6.92 Å². The highest BCUT2D eigenvalue weighted by atomic mass is 35.5. The molecule has 2 aromatic rings. The van der Waals surface area contributed by atoms with Gasteiger partial charge in [0.15, 0.2) is 0 Å². The lowest BCUT2D eigenvalue weighted by molar-refractivity contribution is 0.384. The summed E-state index contributed by atoms with van der Waals surface area (Å²) in [5, 5.41) is 0.241. The third kappa shape index (κ3) is 3.31. The maximum Gasteiger partial charge on any atom is 0.246 e. The van der Waals surface area contributed by atoms with E-state index < -0.39 is 10.0 Å². The first-order valence-corrected chi connectivity index (χ1v) is 9.28. The van der Waals surface area contributed by atoms with E-state index >= 15 is 0 Å². The minimum Gasteiger partial charge on any atom is -0.383 e. The fraction of sp³-hybridized carbons (Fsp3) is 0.333. The Labute approximate surface area is 146 Å². The second-order valence-electron chi connectivity index (χ2n) is 5.62. The average Bonchev–Trinajstić information content (AvgIpc) is 2.57. The van der Waals surface area contributed by atoms with Gasteiger partial charge < -0.3 is 10.6 Å². The summed E-state index contributed by atoms with van der Waals surface area (Å²) >= 11 is 5.86. The lowest BCUT2D eigenvalue weighted by Gasteiger charge is -2.34. The zero-order chi connectivity index (χ0) is 17.3. The van der Waals surface area contributed by atoms with Gasteiger partial charge in [0.2, 0.25) is 10.0 Å². The second-order valence-corrected chi connectivity index (χ2v) is 7.96. The first kappa shape index (κ1) is 16.9. The number of anilines is 2. The van der Waals surface area contributed by atoms with E-state index in [1.165, 1.54) is 16.6 Å². The molecule has 1 fully saturated rings. The smallest absolute Gasteiger partial charge is 0.246 e. The first-order chi connectivity index (χ1) is 11.4. The van der Waals surface area contributed by atoms with E-state index in [1.807, 2.05) is 19.1 Å². The molecule has 2 aromatic heterocycles. The normalized spacial score (nSPS) is 16.3. The van der Waals surface area contributed by atoms with Crippen LogP contribution >= 0.6 is 11.6 Å². The van der Waals surface area contributed by atoms with E-state index in [9.17, 15) is 8.42 Å². The molecule has 0 radical (unpaired) electrons. The number of nitrogens with zero attached hydrogens (tertiary/aromatic N) is 4. The van der Waals surface area contributed by atoms with Gasteiger partial charge in [-0.15, -0.1) is 0 Å². The van der Waals surface area contributed by atoms with Gasteiger partial charge in [-0.1, -0.05) is 11.6 Å². The Kier molecular flexibility index (Phi) is 4.62. The van der Waals surface area contributed by atoms with Gasteiger partial charge in [-0.3, -0.25) is 0 Å². The molecule has 24 heavy (non-hydrogen) atoms. The summed E-state index contributed by atoms with van der Waals surface area (Å²) in [4.78, 5) is 10.2. The molecule has 9 heteroatoms. The molecule has 2 N–H and O–H groups in total. The minimum absolute atomic E-state index is 0.0396. The average molecular weight is 368 g/mol. The highest BCUT2D eigenvalue weighted by Crippen LogP contribution is 2.25. The van der Waals surface area contributed by atoms with Gasteiger partial charge in [0.25, 0.3) is 0 Å². The number of nitrogen functional groups attached to an aromatic ring is 1. The van der Waals surface area contributed by atoms with E-state index in [0.717, 1.165) is 11.4 Å². The molecule has 0 saturated carbocycles. The van der Waals surface area contributed by atoms with Gasteiger partial charge in [-0.2, -0.15) is 4.31 Å². The number of nitrogens with two attached hydrogens (primary N) is 1. The number of aromatic nitrogens is 2. The highest BCUT2D eigenvalue weighted by molar-refractivity contribution is 7.89. The first-order valence-electron chi connectivity index (χ1n) is 7.47. The Morgan fingerprint density at radius 2 is 1.88 bits per heavy atom. The zero-order valence-electron chi connectivity index (χ0n) is 13.2. The van der Waals surface area contributed by atoms with Gasteiger partial charge in [-0.25, -0.2) is 18.4 Å². The molecule has 0 atom stereocenters. The molecule has 128 valence electrons. The van der Waals surface area contributed by atoms with Crippen molar-refractivity contribution in [3.63, 3.8) is 0 Å². The number of pyridine rings is 2. The van der Waals surface area contributed by atoms with Crippen molar-refractivity contribution < 1.29 is 8.42 Å². The Hall–Kier alpha value is -1.90. The molecule has 0 bridgehead atoms. The Morgan fingerprint density at radius 3 is 2.54 bits per heavy atom. The zero-order valence-corrected chi connectivity index (χ0v) is 14.8. The van der Waals surface area contributed by atoms with Gasteiger partial charge in [0, 0.05) is 38.6 Å². The van der Waals surface area contributed by atoms with Crippen LogP contribution in [-0.2, 0) is 10.0 Å². The predicted molar refractivity (Wildman–Crippen MR) is 93.6 cm³/mol. The minimum atomic E-state index is -3.71. The maximum absolute atomic E-state index is 12.8. The Balaban J connectivity index is 1.77. The van der Waals surface area contributed by atoms with E-state index in [0.29, 0.717) is 26.2 Å². The standard InChI is InChI=1S/C15H18ClN5O2S/c1-11-2-3-18-14(8-11)20-4-6-21(7-5-20)24(22,23)13-9-12(16)10-19-15(13)17/h2-3,8-10H,4-7H2,1H3,(H2,17,19). The third-order valence-electron chi connectivity index (χ3n) is 3.93. The van der Waals surface area contributed by atoms with E-state index in [2.05, 4.69) is 14.9 Å². The van der Waals surface area contributed by atoms with Crippen LogP contribution in [0.3, 0.4) is 0 Å². The molecule has 0 amide bonds. The second kappa shape index (κ2) is 6.54. The van der Waals surface area contributed by atoms with Crippen LogP contribution < -0.4 is 10.6 Å². The van der Waals surface area contributed by atoms with Gasteiger partial charge in [-0.05, 0) is 30.7 Å². The maximum atomic E-state index is 12.8. The SMILES string of the molecule is Cc1ccnc(N2CCN(S(=O)(=O)c3cc(Cl)cnc3N)CC2)c1. The van der Waals surface area contributed by atoms with Gasteiger partial charge >= 0.3 is 0 Å². The molecular weight excluding hydrogens is 350 g/mol. The van der Waals surface area contributed by atoms with Crippen molar-refractivity contribution in [2.75, 3.05) is 36.8 Å². The van der Waals surface area contributed by atoms with E-state index in [1.54, 1.807) is 6.20 Å². The van der Waals surface area contributed by atoms with Crippen molar-refractivity contribution in [3.8, 4) is 0 Å². The van der Waals surface area contributed by atoms with Crippen LogP contribution in [0.4, 0.5) is 11.6 Å². The summed E-state index contributed by atoms with van der Waals surface area (Å²) in [6, 6.07) is 5.26. The topological polar surface area (TPSA) is 92.4 Å². The number of rotatable bonds is 3. The molecule has 1 aliphatic rings. The summed E-state index contributed by atoms with van der Waals surface area (Å²) in [6.45, 7) is 3.82. The summed E-state index contributed by atoms with van der Waals surface area (Å²) in [7, 11) is -3.71. The Morgan fingerprint density at radius 1 is 1.17 bits per heavy atom. The number of aryl methyl sites for hydroxylation is 1. The van der Waals surface area contributed by atoms with Crippen LogP contribution in [0.1, 0.15) is 5.56 Å². The number of hydrogen-bond donors (Lipinski definition) is 1. The lowest BCUT2D eigenvalue weighted by atomic mass is 10.2. The van der Waals surface area contributed by atoms with Crippen molar-refractivity contribution in [3.05, 3.63) is 41.2 Å². The van der Waals surface area contributed by atoms with E-state index in [-0.39, 0.29) is 15.7 Å². The van der Waals surface area contributed by atoms with Crippen molar-refractivity contribution in [2.24, 2.45) is 0 Å². The van der Waals surface area contributed by atoms with Crippen LogP contribution in [0.2, 0.25) is 5.02 Å². The highest BCUT2D eigenvalue weighted by Gasteiger charge is 2.31. The number of halogens is 1. The molecular formula is C15H18ClN5O2S. The van der Waals surface area contributed by atoms with Crippen LogP contribution in [0.25, 0.3) is 0 Å². The molecule has 0 unspecified atom stereocenters. The summed E-state index contributed by atoms with van der Waals surface area (Å²) in [5.41, 5.74) is 6.84. The summed E-state index contributed by atoms with van der Waals surface area (Å²) in [6.07, 6.45) is 3.09. The quantitative estimate of drug-likeness (QED) is 0.884. The fourth-order valence-corrected chi connectivity index (χ4v) is 4.37. The van der Waals surface area contributed by atoms with Crippen LogP contribution in [-0.4, -0.2) is 48.9 Å². The third-order valence-corrected chi connectivity index (χ3v) is 6.06. The van der Waals surface area contributed by atoms with E-state index in [4.69, 9.17) is 17.3 Å². The van der Waals surface area contributed by atoms with Crippen LogP contribution in [0.15, 0.2) is 35.5 Å². The molecule has 0 aromatic carbocycles. The molecule has 1 saturated heterocycles. The fourth-order valence-electron chi connectivity index (χ4n) is 2.63. The number of hydrogen-bond acceptors (Lipinski definition) is 6. The van der Waals surface area contributed by atoms with Crippen molar-refractivity contribution in [1.82, 2.24) is 14.3 Å². The number of piperazine rings is 1. The monoisotopic (exact) mass is 367 g/mol. The Bertz CT molecular complexity index is 851. The molecule has 1 aliphatic heterocycles. The van der Waals surface area contributed by atoms with Crippen LogP contribution in [0.5, 0.6) is 0 Å². The van der Waals surface area contributed by atoms with Gasteiger partial charge in [0.05, 0.1) is 5.02 Å². The largest absolute Gasteiger partial charge is 0.383 e. The summed E-state index contributed by atoms with van der Waals surface area (Å²) < 4.78 is 26.9. The molecule has 7 nitrogen and oxygen atoms in total. The predicted octanol–water partition coefficient (Wildman–Crippen LogP) is 1.53. The van der Waals surface area contributed by atoms with Crippen molar-refractivity contribution in [2.45, 2.75) is 11.8 Å². The van der Waals surface area contributed by atoms with Crippen molar-refractivity contribution >= 4 is 33.3 Å². The van der Waals surface area contributed by atoms with Gasteiger partial charge in [0.1, 0.15) is 16.5 Å². The molecule has 3 heterocycles.